The lowest BCUT2D eigenvalue weighted by Crippen LogP contribution is -2.49. The van der Waals surface area contributed by atoms with Crippen LogP contribution in [0.1, 0.15) is 31.2 Å². The highest BCUT2D eigenvalue weighted by Gasteiger charge is 2.43. The van der Waals surface area contributed by atoms with E-state index in [0.29, 0.717) is 25.9 Å². The minimum absolute atomic E-state index is 0.0136. The van der Waals surface area contributed by atoms with Crippen molar-refractivity contribution < 1.29 is 24.2 Å². The van der Waals surface area contributed by atoms with Gasteiger partial charge in [-0.25, -0.2) is 0 Å². The molecule has 0 saturated carbocycles. The van der Waals surface area contributed by atoms with Gasteiger partial charge in [-0.05, 0) is 37.5 Å². The molecule has 2 rings (SSSR count). The first-order valence-corrected chi connectivity index (χ1v) is 8.08. The molecule has 1 heterocycles. The largest absolute Gasteiger partial charge is 0.497 e. The summed E-state index contributed by atoms with van der Waals surface area (Å²) in [6.45, 7) is 2.91. The number of hydrogen-bond acceptors (Lipinski definition) is 4. The van der Waals surface area contributed by atoms with Crippen molar-refractivity contribution in [2.75, 3.05) is 33.9 Å². The first kappa shape index (κ1) is 18.3. The lowest BCUT2D eigenvalue weighted by atomic mass is 9.79. The Labute approximate surface area is 142 Å². The van der Waals surface area contributed by atoms with Gasteiger partial charge in [-0.3, -0.25) is 9.59 Å². The molecule has 1 atom stereocenters. The fraction of sp³-hybridized carbons (Fsp3) is 0.556. The van der Waals surface area contributed by atoms with E-state index in [1.54, 1.807) is 12.0 Å². The van der Waals surface area contributed by atoms with E-state index in [1.165, 1.54) is 7.11 Å². The molecule has 6 heteroatoms. The number of aliphatic carboxylic acids is 1. The zero-order chi connectivity index (χ0) is 17.7. The molecule has 1 aliphatic rings. The predicted octanol–water partition coefficient (Wildman–Crippen LogP) is 2.14. The van der Waals surface area contributed by atoms with Crippen LogP contribution in [0.2, 0.25) is 0 Å². The smallest absolute Gasteiger partial charge is 0.312 e. The zero-order valence-electron chi connectivity index (χ0n) is 14.4. The fourth-order valence-corrected chi connectivity index (χ4v) is 3.18. The second kappa shape index (κ2) is 7.66. The molecule has 24 heavy (non-hydrogen) atoms. The number of ether oxygens (including phenoxy) is 2. The van der Waals surface area contributed by atoms with Crippen molar-refractivity contribution in [1.82, 2.24) is 4.90 Å². The number of amides is 1. The summed E-state index contributed by atoms with van der Waals surface area (Å²) < 4.78 is 10.3. The summed E-state index contributed by atoms with van der Waals surface area (Å²) >= 11 is 0. The Bertz CT molecular complexity index is 593. The molecule has 1 fully saturated rings. The molecule has 1 amide bonds. The number of piperidine rings is 1. The highest BCUT2D eigenvalue weighted by atomic mass is 16.5. The van der Waals surface area contributed by atoms with Crippen molar-refractivity contribution in [2.24, 2.45) is 5.41 Å². The third-order valence-electron chi connectivity index (χ3n) is 4.87. The van der Waals surface area contributed by atoms with Crippen molar-refractivity contribution in [3.05, 3.63) is 29.8 Å². The maximum absolute atomic E-state index is 12.7. The summed E-state index contributed by atoms with van der Waals surface area (Å²) in [6, 6.07) is 7.47. The highest BCUT2D eigenvalue weighted by Crippen LogP contribution is 2.33. The Morgan fingerprint density at radius 1 is 1.29 bits per heavy atom. The van der Waals surface area contributed by atoms with Crippen LogP contribution in [-0.4, -0.2) is 55.8 Å². The molecule has 0 radical (unpaired) electrons. The molecular weight excluding hydrogens is 310 g/mol. The molecule has 132 valence electrons. The van der Waals surface area contributed by atoms with E-state index in [0.717, 1.165) is 11.3 Å². The first-order valence-electron chi connectivity index (χ1n) is 8.08. The first-order chi connectivity index (χ1) is 11.4. The Balaban J connectivity index is 2.05. The maximum atomic E-state index is 12.7. The van der Waals surface area contributed by atoms with E-state index in [4.69, 9.17) is 9.47 Å². The van der Waals surface area contributed by atoms with Crippen molar-refractivity contribution in [3.63, 3.8) is 0 Å². The molecule has 1 aromatic rings. The van der Waals surface area contributed by atoms with Crippen LogP contribution in [0.3, 0.4) is 0 Å². The zero-order valence-corrected chi connectivity index (χ0v) is 14.4. The van der Waals surface area contributed by atoms with Crippen LogP contribution >= 0.6 is 0 Å². The van der Waals surface area contributed by atoms with Crippen LogP contribution in [-0.2, 0) is 14.3 Å². The van der Waals surface area contributed by atoms with E-state index >= 15 is 0 Å². The van der Waals surface area contributed by atoms with Gasteiger partial charge in [-0.2, -0.15) is 0 Å². The standard InChI is InChI=1S/C18H25NO5/c1-13(14-5-4-6-15(11-14)24-3)16(20)19-9-7-18(8-10-19,12-23-2)17(21)22/h4-6,11,13H,7-10,12H2,1-3H3,(H,21,22). The Morgan fingerprint density at radius 3 is 2.50 bits per heavy atom. The Hall–Kier alpha value is -2.08. The second-order valence-corrected chi connectivity index (χ2v) is 6.34. The number of benzene rings is 1. The van der Waals surface area contributed by atoms with E-state index in [1.807, 2.05) is 31.2 Å². The highest BCUT2D eigenvalue weighted by molar-refractivity contribution is 5.84. The van der Waals surface area contributed by atoms with Gasteiger partial charge >= 0.3 is 5.97 Å². The summed E-state index contributed by atoms with van der Waals surface area (Å²) in [5.74, 6) is -0.410. The van der Waals surface area contributed by atoms with E-state index in [-0.39, 0.29) is 18.4 Å². The summed E-state index contributed by atoms with van der Waals surface area (Å²) in [4.78, 5) is 26.1. The van der Waals surface area contributed by atoms with Gasteiger partial charge < -0.3 is 19.5 Å². The topological polar surface area (TPSA) is 76.1 Å². The van der Waals surface area contributed by atoms with Gasteiger partial charge in [0.2, 0.25) is 5.91 Å². The normalized spacial score (nSPS) is 18.0. The van der Waals surface area contributed by atoms with Gasteiger partial charge in [-0.1, -0.05) is 12.1 Å². The molecule has 1 N–H and O–H groups in total. The van der Waals surface area contributed by atoms with Gasteiger partial charge in [0.15, 0.2) is 0 Å². The molecule has 1 aromatic carbocycles. The third-order valence-corrected chi connectivity index (χ3v) is 4.87. The van der Waals surface area contributed by atoms with Crippen molar-refractivity contribution in [3.8, 4) is 5.75 Å². The van der Waals surface area contributed by atoms with Gasteiger partial charge in [0.05, 0.1) is 25.0 Å². The average molecular weight is 335 g/mol. The number of carbonyl (C=O) groups excluding carboxylic acids is 1. The number of methoxy groups -OCH3 is 2. The number of nitrogens with zero attached hydrogens (tertiary/aromatic N) is 1. The summed E-state index contributed by atoms with van der Waals surface area (Å²) in [6.07, 6.45) is 0.819. The van der Waals surface area contributed by atoms with Crippen molar-refractivity contribution >= 4 is 11.9 Å². The molecule has 1 aliphatic heterocycles. The number of rotatable bonds is 6. The predicted molar refractivity (Wildman–Crippen MR) is 89.2 cm³/mol. The Kier molecular flexibility index (Phi) is 5.83. The van der Waals surface area contributed by atoms with Crippen LogP contribution < -0.4 is 4.74 Å². The van der Waals surface area contributed by atoms with Crippen LogP contribution in [0.5, 0.6) is 5.75 Å². The lowest BCUT2D eigenvalue weighted by molar-refractivity contribution is -0.158. The minimum Gasteiger partial charge on any atom is -0.497 e. The molecular formula is C18H25NO5. The van der Waals surface area contributed by atoms with Crippen LogP contribution in [0.4, 0.5) is 0 Å². The van der Waals surface area contributed by atoms with Gasteiger partial charge in [0.1, 0.15) is 5.75 Å². The second-order valence-electron chi connectivity index (χ2n) is 6.34. The molecule has 0 aliphatic carbocycles. The Morgan fingerprint density at radius 2 is 1.96 bits per heavy atom. The van der Waals surface area contributed by atoms with Crippen LogP contribution in [0, 0.1) is 5.41 Å². The maximum Gasteiger partial charge on any atom is 0.312 e. The van der Waals surface area contributed by atoms with Gasteiger partial charge in [0.25, 0.3) is 0 Å². The summed E-state index contributed by atoms with van der Waals surface area (Å²) in [5, 5.41) is 9.49. The van der Waals surface area contributed by atoms with E-state index in [9.17, 15) is 14.7 Å². The monoisotopic (exact) mass is 335 g/mol. The van der Waals surface area contributed by atoms with Gasteiger partial charge in [0, 0.05) is 20.2 Å². The molecule has 0 bridgehead atoms. The number of carboxylic acid groups (broad SMARTS) is 1. The third kappa shape index (κ3) is 3.70. The van der Waals surface area contributed by atoms with Crippen molar-refractivity contribution in [2.45, 2.75) is 25.7 Å². The molecule has 1 saturated heterocycles. The number of hydrogen-bond donors (Lipinski definition) is 1. The average Bonchev–Trinajstić information content (AvgIpc) is 2.61. The molecule has 6 nitrogen and oxygen atoms in total. The minimum atomic E-state index is -0.884. The quantitative estimate of drug-likeness (QED) is 0.862. The number of likely N-dealkylation sites (tertiary alicyclic amines) is 1. The molecule has 1 unspecified atom stereocenters. The van der Waals surface area contributed by atoms with E-state index < -0.39 is 11.4 Å². The van der Waals surface area contributed by atoms with Crippen LogP contribution in [0.25, 0.3) is 0 Å². The van der Waals surface area contributed by atoms with Crippen molar-refractivity contribution in [1.29, 1.82) is 0 Å². The SMILES string of the molecule is COCC1(C(=O)O)CCN(C(=O)C(C)c2cccc(OC)c2)CC1. The summed E-state index contributed by atoms with van der Waals surface area (Å²) in [7, 11) is 3.10. The van der Waals surface area contributed by atoms with E-state index in [2.05, 4.69) is 0 Å². The van der Waals surface area contributed by atoms with Gasteiger partial charge in [-0.15, -0.1) is 0 Å². The molecule has 0 aromatic heterocycles. The number of carboxylic acids is 1. The molecule has 0 spiro atoms. The fourth-order valence-electron chi connectivity index (χ4n) is 3.18. The summed E-state index contributed by atoms with van der Waals surface area (Å²) in [5.41, 5.74) is 0.0105. The van der Waals surface area contributed by atoms with Crippen LogP contribution in [0.15, 0.2) is 24.3 Å². The lowest BCUT2D eigenvalue weighted by Gasteiger charge is -2.39. The number of carbonyl (C=O) groups is 2.